The van der Waals surface area contributed by atoms with E-state index < -0.39 is 23.5 Å². The molecule has 2 aliphatic heterocycles. The summed E-state index contributed by atoms with van der Waals surface area (Å²) in [6.45, 7) is 2.45. The number of rotatable bonds is 3. The van der Waals surface area contributed by atoms with Crippen molar-refractivity contribution in [1.29, 1.82) is 0 Å². The van der Waals surface area contributed by atoms with Gasteiger partial charge in [0, 0.05) is 6.08 Å². The van der Waals surface area contributed by atoms with Crippen LogP contribution in [0.15, 0.2) is 36.1 Å². The van der Waals surface area contributed by atoms with E-state index in [9.17, 15) is 14.4 Å². The van der Waals surface area contributed by atoms with Crippen LogP contribution in [0.5, 0.6) is 11.5 Å². The van der Waals surface area contributed by atoms with Crippen molar-refractivity contribution >= 4 is 23.6 Å². The highest BCUT2D eigenvalue weighted by molar-refractivity contribution is 6.25. The van der Waals surface area contributed by atoms with Gasteiger partial charge in [-0.15, -0.1) is 0 Å². The number of fused-ring (bicyclic) bond motifs is 1. The van der Waals surface area contributed by atoms with Crippen LogP contribution in [-0.2, 0) is 19.1 Å². The third-order valence-electron chi connectivity index (χ3n) is 3.42. The molecule has 1 unspecified atom stereocenters. The maximum atomic E-state index is 12.1. The molecule has 2 aliphatic rings. The number of carbonyl (C=O) groups excluding carboxylic acids is 3. The highest BCUT2D eigenvalue weighted by Gasteiger charge is 2.36. The fourth-order valence-electron chi connectivity index (χ4n) is 2.34. The van der Waals surface area contributed by atoms with E-state index in [0.29, 0.717) is 30.3 Å². The number of esters is 1. The maximum absolute atomic E-state index is 12.1. The molecule has 0 aromatic heterocycles. The number of allylic oxidation sites excluding steroid dienone is 3. The molecule has 0 bridgehead atoms. The van der Waals surface area contributed by atoms with Gasteiger partial charge in [-0.1, -0.05) is 12.1 Å². The first kappa shape index (κ1) is 15.0. The van der Waals surface area contributed by atoms with E-state index >= 15 is 0 Å². The number of cyclic esters (lactones) is 1. The summed E-state index contributed by atoms with van der Waals surface area (Å²) in [7, 11) is 0. The van der Waals surface area contributed by atoms with Crippen molar-refractivity contribution in [3.8, 4) is 11.5 Å². The van der Waals surface area contributed by atoms with Crippen LogP contribution in [0.1, 0.15) is 12.5 Å². The molecule has 0 spiro atoms. The van der Waals surface area contributed by atoms with Gasteiger partial charge in [-0.2, -0.15) is 0 Å². The average Bonchev–Trinajstić information content (AvgIpc) is 2.51. The molecule has 6 heteroatoms. The molecule has 2 heterocycles. The number of carbonyl (C=O) groups is 3. The molecule has 118 valence electrons. The van der Waals surface area contributed by atoms with Gasteiger partial charge in [-0.05, 0) is 30.7 Å². The molecular formula is C17H14O6. The van der Waals surface area contributed by atoms with Gasteiger partial charge < -0.3 is 14.2 Å². The van der Waals surface area contributed by atoms with E-state index in [1.807, 2.05) is 0 Å². The molecule has 1 atom stereocenters. The summed E-state index contributed by atoms with van der Waals surface area (Å²) in [5, 5.41) is 0. The van der Waals surface area contributed by atoms with E-state index in [2.05, 4.69) is 0 Å². The summed E-state index contributed by atoms with van der Waals surface area (Å²) in [6, 6.07) is 5.22. The first-order chi connectivity index (χ1) is 11.0. The lowest BCUT2D eigenvalue weighted by Gasteiger charge is -2.18. The smallest absolute Gasteiger partial charge is 0.329 e. The second-order valence-corrected chi connectivity index (χ2v) is 5.15. The summed E-state index contributed by atoms with van der Waals surface area (Å²) in [6.07, 6.45) is 3.87. The molecule has 0 saturated heterocycles. The van der Waals surface area contributed by atoms with Crippen LogP contribution in [-0.4, -0.2) is 30.7 Å². The molecule has 1 aromatic carbocycles. The predicted molar refractivity (Wildman–Crippen MR) is 79.8 cm³/mol. The van der Waals surface area contributed by atoms with Gasteiger partial charge in [-0.25, -0.2) is 0 Å². The third kappa shape index (κ3) is 3.15. The van der Waals surface area contributed by atoms with Crippen molar-refractivity contribution in [3.63, 3.8) is 0 Å². The number of hydrogen-bond donors (Lipinski definition) is 0. The maximum Gasteiger partial charge on any atom is 0.329 e. The topological polar surface area (TPSA) is 78.9 Å². The Hall–Kier alpha value is -2.89. The van der Waals surface area contributed by atoms with E-state index in [1.165, 1.54) is 19.1 Å². The Morgan fingerprint density at radius 3 is 2.65 bits per heavy atom. The molecule has 0 amide bonds. The third-order valence-corrected chi connectivity index (χ3v) is 3.42. The van der Waals surface area contributed by atoms with Gasteiger partial charge >= 0.3 is 5.97 Å². The van der Waals surface area contributed by atoms with Crippen LogP contribution in [0.2, 0.25) is 0 Å². The summed E-state index contributed by atoms with van der Waals surface area (Å²) in [5.74, 6) is -2.00. The van der Waals surface area contributed by atoms with E-state index in [-0.39, 0.29) is 5.76 Å². The van der Waals surface area contributed by atoms with Gasteiger partial charge in [0.2, 0.25) is 0 Å². The molecule has 0 radical (unpaired) electrons. The normalized spacial score (nSPS) is 20.2. The lowest BCUT2D eigenvalue weighted by Crippen LogP contribution is -2.34. The van der Waals surface area contributed by atoms with Crippen molar-refractivity contribution in [3.05, 3.63) is 41.7 Å². The number of ether oxygens (including phenoxy) is 3. The van der Waals surface area contributed by atoms with Crippen molar-refractivity contribution in [2.45, 2.75) is 6.92 Å². The van der Waals surface area contributed by atoms with Gasteiger partial charge in [-0.3, -0.25) is 14.4 Å². The van der Waals surface area contributed by atoms with Crippen LogP contribution >= 0.6 is 0 Å². The molecule has 3 rings (SSSR count). The lowest BCUT2D eigenvalue weighted by molar-refractivity contribution is -0.151. The van der Waals surface area contributed by atoms with Gasteiger partial charge in [0.05, 0.1) is 0 Å². The van der Waals surface area contributed by atoms with Gasteiger partial charge in [0.1, 0.15) is 19.0 Å². The van der Waals surface area contributed by atoms with E-state index in [1.54, 1.807) is 18.2 Å². The standard InChI is InChI=1S/C17H14O6/c1-10-8-13(19)16(17(20)23-10)12(18)4-2-11-3-5-14-15(9-11)22-7-6-21-14/h2-5,8-9,16H,6-7H2,1H3. The highest BCUT2D eigenvalue weighted by Crippen LogP contribution is 2.31. The Kier molecular flexibility index (Phi) is 3.97. The Morgan fingerprint density at radius 1 is 1.17 bits per heavy atom. The summed E-state index contributed by atoms with van der Waals surface area (Å²) in [4.78, 5) is 35.6. The zero-order valence-electron chi connectivity index (χ0n) is 12.4. The quantitative estimate of drug-likeness (QED) is 0.480. The molecule has 23 heavy (non-hydrogen) atoms. The van der Waals surface area contributed by atoms with Crippen molar-refractivity contribution in [2.24, 2.45) is 5.92 Å². The van der Waals surface area contributed by atoms with Crippen LogP contribution in [0.3, 0.4) is 0 Å². The van der Waals surface area contributed by atoms with Gasteiger partial charge in [0.25, 0.3) is 0 Å². The predicted octanol–water partition coefficient (Wildman–Crippen LogP) is 1.69. The fourth-order valence-corrected chi connectivity index (χ4v) is 2.34. The average molecular weight is 314 g/mol. The molecule has 0 saturated carbocycles. The highest BCUT2D eigenvalue weighted by atomic mass is 16.6. The number of hydrogen-bond acceptors (Lipinski definition) is 6. The van der Waals surface area contributed by atoms with Crippen LogP contribution in [0, 0.1) is 5.92 Å². The zero-order valence-corrected chi connectivity index (χ0v) is 12.4. The fraction of sp³-hybridized carbons (Fsp3) is 0.235. The minimum Gasteiger partial charge on any atom is -0.486 e. The SMILES string of the molecule is CC1=CC(=O)C(C(=O)C=Cc2ccc3c(c2)OCCO3)C(=O)O1. The molecule has 0 aliphatic carbocycles. The summed E-state index contributed by atoms with van der Waals surface area (Å²) >= 11 is 0. The lowest BCUT2D eigenvalue weighted by atomic mass is 9.96. The molecular weight excluding hydrogens is 300 g/mol. The van der Waals surface area contributed by atoms with E-state index in [4.69, 9.17) is 14.2 Å². The van der Waals surface area contributed by atoms with Crippen molar-refractivity contribution in [2.75, 3.05) is 13.2 Å². The van der Waals surface area contributed by atoms with Crippen LogP contribution in [0.4, 0.5) is 0 Å². The minimum absolute atomic E-state index is 0.194. The monoisotopic (exact) mass is 314 g/mol. The Morgan fingerprint density at radius 2 is 1.91 bits per heavy atom. The molecule has 6 nitrogen and oxygen atoms in total. The first-order valence-corrected chi connectivity index (χ1v) is 7.10. The largest absolute Gasteiger partial charge is 0.486 e. The summed E-state index contributed by atoms with van der Waals surface area (Å²) in [5.41, 5.74) is 0.700. The van der Waals surface area contributed by atoms with E-state index in [0.717, 1.165) is 6.08 Å². The zero-order chi connectivity index (χ0) is 16.4. The van der Waals surface area contributed by atoms with Crippen molar-refractivity contribution < 1.29 is 28.6 Å². The molecule has 0 N–H and O–H groups in total. The number of benzene rings is 1. The Bertz CT molecular complexity index is 743. The Labute approximate surface area is 132 Å². The first-order valence-electron chi connectivity index (χ1n) is 7.10. The molecule has 1 aromatic rings. The van der Waals surface area contributed by atoms with Crippen LogP contribution in [0.25, 0.3) is 6.08 Å². The minimum atomic E-state index is -1.42. The summed E-state index contributed by atoms with van der Waals surface area (Å²) < 4.78 is 15.7. The second-order valence-electron chi connectivity index (χ2n) is 5.15. The Balaban J connectivity index is 1.76. The number of ketones is 2. The second kappa shape index (κ2) is 6.08. The molecule has 0 fully saturated rings. The van der Waals surface area contributed by atoms with Crippen LogP contribution < -0.4 is 9.47 Å². The van der Waals surface area contributed by atoms with Crippen molar-refractivity contribution in [1.82, 2.24) is 0 Å². The van der Waals surface area contributed by atoms with Gasteiger partial charge in [0.15, 0.2) is 29.0 Å².